The van der Waals surface area contributed by atoms with E-state index < -0.39 is 5.54 Å². The number of amides is 1. The smallest absolute Gasteiger partial charge is 0.242 e. The van der Waals surface area contributed by atoms with E-state index in [9.17, 15) is 4.79 Å². The van der Waals surface area contributed by atoms with Crippen molar-refractivity contribution in [3.05, 3.63) is 50.6 Å². The highest BCUT2D eigenvalue weighted by Crippen LogP contribution is 2.34. The number of rotatable bonds is 7. The fraction of sp³-hybridized carbons (Fsp3) is 0.440. The molecule has 3 aromatic rings. The van der Waals surface area contributed by atoms with E-state index in [0.717, 1.165) is 33.2 Å². The lowest BCUT2D eigenvalue weighted by Gasteiger charge is -2.37. The fourth-order valence-electron chi connectivity index (χ4n) is 4.37. The van der Waals surface area contributed by atoms with Gasteiger partial charge in [0.2, 0.25) is 11.9 Å². The Hall–Kier alpha value is -2.80. The summed E-state index contributed by atoms with van der Waals surface area (Å²) in [5, 5.41) is 16.3. The van der Waals surface area contributed by atoms with Gasteiger partial charge < -0.3 is 20.9 Å². The SMILES string of the molecule is CNC(C)(C)C(=O)N1CCC(c2cc(F)c(Nc3ncc(I)c(Nc4cc(C)[nH]n4)n3)cc2C)CC1. The largest absolute Gasteiger partial charge is 0.341 e. The molecule has 1 saturated heterocycles. The molecule has 1 amide bonds. The quantitative estimate of drug-likeness (QED) is 0.288. The number of anilines is 4. The Morgan fingerprint density at radius 2 is 1.92 bits per heavy atom. The average Bonchev–Trinajstić information content (AvgIpc) is 3.27. The lowest BCUT2D eigenvalue weighted by molar-refractivity contribution is -0.138. The highest BCUT2D eigenvalue weighted by molar-refractivity contribution is 14.1. The molecule has 1 aliphatic heterocycles. The molecule has 4 rings (SSSR count). The zero-order valence-corrected chi connectivity index (χ0v) is 23.3. The first-order valence-electron chi connectivity index (χ1n) is 11.9. The van der Waals surface area contributed by atoms with Crippen molar-refractivity contribution >= 4 is 51.8 Å². The number of likely N-dealkylation sites (N-methyl/N-ethyl adjacent to an activating group) is 1. The molecule has 0 radical (unpaired) electrons. The number of nitrogens with one attached hydrogen (secondary N) is 4. The van der Waals surface area contributed by atoms with Crippen molar-refractivity contribution in [1.29, 1.82) is 0 Å². The molecule has 0 spiro atoms. The molecular formula is C25H32FIN8O. The highest BCUT2D eigenvalue weighted by atomic mass is 127. The van der Waals surface area contributed by atoms with Crippen LogP contribution >= 0.6 is 22.6 Å². The maximum atomic E-state index is 15.2. The average molecular weight is 606 g/mol. The number of aromatic amines is 1. The third-order valence-electron chi connectivity index (χ3n) is 6.68. The Labute approximate surface area is 224 Å². The number of aromatic nitrogens is 4. The molecule has 1 aromatic carbocycles. The van der Waals surface area contributed by atoms with E-state index in [1.807, 2.05) is 38.7 Å². The zero-order chi connectivity index (χ0) is 26.0. The Kier molecular flexibility index (Phi) is 7.79. The summed E-state index contributed by atoms with van der Waals surface area (Å²) in [6.07, 6.45) is 3.28. The summed E-state index contributed by atoms with van der Waals surface area (Å²) in [6, 6.07) is 5.28. The minimum Gasteiger partial charge on any atom is -0.341 e. The first-order valence-corrected chi connectivity index (χ1v) is 13.0. The van der Waals surface area contributed by atoms with E-state index in [-0.39, 0.29) is 23.6 Å². The summed E-state index contributed by atoms with van der Waals surface area (Å²) in [6.45, 7) is 9.01. The molecule has 36 heavy (non-hydrogen) atoms. The third-order valence-corrected chi connectivity index (χ3v) is 7.47. The summed E-state index contributed by atoms with van der Waals surface area (Å²) < 4.78 is 16.0. The molecule has 0 atom stereocenters. The van der Waals surface area contributed by atoms with Crippen LogP contribution in [0.4, 0.5) is 27.7 Å². The van der Waals surface area contributed by atoms with E-state index in [0.29, 0.717) is 30.4 Å². The molecule has 11 heteroatoms. The number of H-pyrrole nitrogens is 1. The van der Waals surface area contributed by atoms with E-state index in [4.69, 9.17) is 0 Å². The van der Waals surface area contributed by atoms with Crippen molar-refractivity contribution in [3.8, 4) is 0 Å². The van der Waals surface area contributed by atoms with Crippen LogP contribution in [0.3, 0.4) is 0 Å². The number of hydrogen-bond donors (Lipinski definition) is 4. The maximum Gasteiger partial charge on any atom is 0.242 e. The van der Waals surface area contributed by atoms with E-state index in [1.165, 1.54) is 0 Å². The number of likely N-dealkylation sites (tertiary alicyclic amines) is 1. The van der Waals surface area contributed by atoms with Gasteiger partial charge in [-0.2, -0.15) is 10.1 Å². The Balaban J connectivity index is 1.46. The number of carbonyl (C=O) groups is 1. The summed E-state index contributed by atoms with van der Waals surface area (Å²) >= 11 is 2.14. The van der Waals surface area contributed by atoms with Crippen LogP contribution in [0.15, 0.2) is 24.4 Å². The van der Waals surface area contributed by atoms with Crippen LogP contribution in [0.25, 0.3) is 0 Å². The number of piperidine rings is 1. The monoisotopic (exact) mass is 606 g/mol. The van der Waals surface area contributed by atoms with Gasteiger partial charge in [0.1, 0.15) is 5.82 Å². The van der Waals surface area contributed by atoms with Crippen molar-refractivity contribution in [2.45, 2.75) is 52.0 Å². The van der Waals surface area contributed by atoms with Gasteiger partial charge in [0.25, 0.3) is 0 Å². The van der Waals surface area contributed by atoms with Gasteiger partial charge in [0.15, 0.2) is 11.6 Å². The maximum absolute atomic E-state index is 15.2. The van der Waals surface area contributed by atoms with Gasteiger partial charge in [-0.1, -0.05) is 0 Å². The molecule has 1 aliphatic rings. The topological polar surface area (TPSA) is 111 Å². The summed E-state index contributed by atoms with van der Waals surface area (Å²) in [4.78, 5) is 23.5. The molecule has 3 heterocycles. The Morgan fingerprint density at radius 3 is 2.56 bits per heavy atom. The van der Waals surface area contributed by atoms with E-state index >= 15 is 4.39 Å². The first kappa shape index (κ1) is 26.3. The second-order valence-electron chi connectivity index (χ2n) is 9.71. The van der Waals surface area contributed by atoms with Crippen LogP contribution in [0.1, 0.15) is 49.4 Å². The predicted octanol–water partition coefficient (Wildman–Crippen LogP) is 4.75. The standard InChI is InChI=1S/C25H32FIN8O/c1-14-10-20(30-24-29-13-19(27)22(32-24)31-21-11-15(2)33-34-21)18(26)12-17(14)16-6-8-35(9-7-16)23(36)25(3,4)28-5/h10-13,16,28H,6-9H2,1-5H3,(H3,29,30,31,32,33,34). The number of halogens is 2. The molecule has 1 fully saturated rings. The normalized spacial score (nSPS) is 14.7. The van der Waals surface area contributed by atoms with Crippen molar-refractivity contribution < 1.29 is 9.18 Å². The van der Waals surface area contributed by atoms with Crippen LogP contribution in [0, 0.1) is 23.2 Å². The number of benzene rings is 1. The van der Waals surface area contributed by atoms with Gasteiger partial charge >= 0.3 is 0 Å². The minimum atomic E-state index is -0.591. The zero-order valence-electron chi connectivity index (χ0n) is 21.2. The number of nitrogens with zero attached hydrogens (tertiary/aromatic N) is 4. The fourth-order valence-corrected chi connectivity index (χ4v) is 4.76. The van der Waals surface area contributed by atoms with Crippen LogP contribution < -0.4 is 16.0 Å². The summed E-state index contributed by atoms with van der Waals surface area (Å²) in [5.74, 6) is 1.46. The van der Waals surface area contributed by atoms with Crippen LogP contribution in [-0.2, 0) is 4.79 Å². The molecule has 192 valence electrons. The van der Waals surface area contributed by atoms with E-state index in [1.54, 1.807) is 25.4 Å². The number of aryl methyl sites for hydroxylation is 2. The number of carbonyl (C=O) groups excluding carboxylic acids is 1. The van der Waals surface area contributed by atoms with E-state index in [2.05, 4.69) is 58.7 Å². The van der Waals surface area contributed by atoms with Gasteiger partial charge in [-0.25, -0.2) is 9.37 Å². The van der Waals surface area contributed by atoms with Crippen molar-refractivity contribution in [2.24, 2.45) is 0 Å². The van der Waals surface area contributed by atoms with Gasteiger partial charge in [0, 0.05) is 31.0 Å². The molecule has 4 N–H and O–H groups in total. The first-order chi connectivity index (χ1) is 17.1. The van der Waals surface area contributed by atoms with Crippen molar-refractivity contribution in [3.63, 3.8) is 0 Å². The van der Waals surface area contributed by atoms with Gasteiger partial charge in [0.05, 0.1) is 14.8 Å². The molecule has 0 saturated carbocycles. The van der Waals surface area contributed by atoms with Gasteiger partial charge in [-0.3, -0.25) is 9.89 Å². The van der Waals surface area contributed by atoms with Crippen LogP contribution in [-0.4, -0.2) is 56.6 Å². The lowest BCUT2D eigenvalue weighted by atomic mass is 9.86. The second kappa shape index (κ2) is 10.7. The Morgan fingerprint density at radius 1 is 1.19 bits per heavy atom. The highest BCUT2D eigenvalue weighted by Gasteiger charge is 2.33. The molecule has 9 nitrogen and oxygen atoms in total. The molecule has 0 aliphatic carbocycles. The minimum absolute atomic E-state index is 0.0969. The molecule has 0 unspecified atom stereocenters. The van der Waals surface area contributed by atoms with Gasteiger partial charge in [-0.15, -0.1) is 0 Å². The third kappa shape index (κ3) is 5.77. The predicted molar refractivity (Wildman–Crippen MR) is 147 cm³/mol. The van der Waals surface area contributed by atoms with Gasteiger partial charge in [-0.05, 0) is 99.4 Å². The van der Waals surface area contributed by atoms with Crippen LogP contribution in [0.5, 0.6) is 0 Å². The summed E-state index contributed by atoms with van der Waals surface area (Å²) in [7, 11) is 1.80. The van der Waals surface area contributed by atoms with Crippen molar-refractivity contribution in [1.82, 2.24) is 30.4 Å². The lowest BCUT2D eigenvalue weighted by Crippen LogP contribution is -2.54. The molecule has 2 aromatic heterocycles. The number of hydrogen-bond acceptors (Lipinski definition) is 7. The molecular weight excluding hydrogens is 574 g/mol. The Bertz CT molecular complexity index is 1250. The second-order valence-corrected chi connectivity index (χ2v) is 10.9. The molecule has 0 bridgehead atoms. The summed E-state index contributed by atoms with van der Waals surface area (Å²) in [5.41, 5.74) is 2.64. The van der Waals surface area contributed by atoms with Crippen LogP contribution in [0.2, 0.25) is 0 Å². The van der Waals surface area contributed by atoms with Crippen molar-refractivity contribution in [2.75, 3.05) is 30.8 Å².